The smallest absolute Gasteiger partial charge is 0.515 e. The van der Waals surface area contributed by atoms with Crippen LogP contribution in [0, 0.1) is 21.4 Å². The molecule has 0 rings (SSSR count). The summed E-state index contributed by atoms with van der Waals surface area (Å²) in [5.41, 5.74) is 3.08. The number of allylic oxidation sites excluding steroid dienone is 1. The van der Waals surface area contributed by atoms with Gasteiger partial charge in [0.25, 0.3) is 0 Å². The van der Waals surface area contributed by atoms with Crippen molar-refractivity contribution in [1.29, 1.82) is 0 Å². The Morgan fingerprint density at radius 3 is 1.57 bits per heavy atom. The molecule has 0 fully saturated rings. The zero-order valence-corrected chi connectivity index (χ0v) is 18.3. The molecule has 0 atom stereocenters. The van der Waals surface area contributed by atoms with Gasteiger partial charge in [-0.3, -0.25) is 5.57 Å². The maximum absolute atomic E-state index is 6.48. The molecule has 0 aliphatic carbocycles. The molecule has 0 unspecified atom stereocenters. The van der Waals surface area contributed by atoms with Gasteiger partial charge in [0.15, 0.2) is 8.32 Å². The minimum Gasteiger partial charge on any atom is -0.515 e. The molecule has 0 saturated heterocycles. The Balaban J connectivity index is -0.000000482. The van der Waals surface area contributed by atoms with E-state index in [-0.39, 0.29) is 32.2 Å². The predicted octanol–water partition coefficient (Wildman–Crippen LogP) is 6.25. The Labute approximate surface area is 148 Å². The molecular formula is C18H39AlOSi. The summed E-state index contributed by atoms with van der Waals surface area (Å²) in [4.78, 5) is 0. The van der Waals surface area contributed by atoms with E-state index in [2.05, 4.69) is 41.5 Å². The van der Waals surface area contributed by atoms with Crippen LogP contribution in [-0.4, -0.2) is 32.3 Å². The summed E-state index contributed by atoms with van der Waals surface area (Å²) in [7, 11) is -1.64. The molecule has 0 aromatic carbocycles. The fourth-order valence-corrected chi connectivity index (χ4v) is 8.75. The van der Waals surface area contributed by atoms with Crippen molar-refractivity contribution >= 4 is 25.7 Å². The van der Waals surface area contributed by atoms with Gasteiger partial charge >= 0.3 is 17.4 Å². The first-order valence-corrected chi connectivity index (χ1v) is 9.61. The Morgan fingerprint density at radius 2 is 1.29 bits per heavy atom. The largest absolute Gasteiger partial charge is 3.00 e. The first-order chi connectivity index (χ1) is 8.25. The quantitative estimate of drug-likeness (QED) is 0.276. The third-order valence-corrected chi connectivity index (χ3v) is 10.1. The van der Waals surface area contributed by atoms with Crippen LogP contribution in [0.25, 0.3) is 0 Å². The average Bonchev–Trinajstić information content (AvgIpc) is 2.20. The third kappa shape index (κ3) is 9.24. The van der Waals surface area contributed by atoms with Gasteiger partial charge in [-0.2, -0.15) is 0 Å². The standard InChI is InChI=1S/C16H33OSi.2CH3.Al/c1-13(2)11-9-10-12-17-18(14(3)4,15(5)6)16(7)8;;;/h1,14-16H,9-12H2,2-8H3;2*1H3;/q3*-1;+3. The van der Waals surface area contributed by atoms with Crippen molar-refractivity contribution in [3.63, 3.8) is 0 Å². The Bertz CT molecular complexity index is 228. The molecule has 0 saturated carbocycles. The summed E-state index contributed by atoms with van der Waals surface area (Å²) >= 11 is 0. The minimum atomic E-state index is -1.64. The summed E-state index contributed by atoms with van der Waals surface area (Å²) in [6, 6.07) is 0. The molecule has 0 aliphatic heterocycles. The molecule has 0 spiro atoms. The van der Waals surface area contributed by atoms with E-state index in [1.807, 2.05) is 6.92 Å². The van der Waals surface area contributed by atoms with Gasteiger partial charge in [-0.05, 0) is 23.0 Å². The average molecular weight is 327 g/mol. The van der Waals surface area contributed by atoms with Crippen molar-refractivity contribution in [3.05, 3.63) is 27.0 Å². The van der Waals surface area contributed by atoms with Crippen LogP contribution in [-0.2, 0) is 4.43 Å². The molecule has 0 N–H and O–H groups in total. The zero-order chi connectivity index (χ0) is 14.3. The molecule has 0 aliphatic rings. The molecule has 0 heterocycles. The second kappa shape index (κ2) is 14.1. The molecule has 0 radical (unpaired) electrons. The predicted molar refractivity (Wildman–Crippen MR) is 103 cm³/mol. The van der Waals surface area contributed by atoms with Gasteiger partial charge in [-0.1, -0.05) is 61.3 Å². The molecule has 1 nitrogen and oxygen atoms in total. The van der Waals surface area contributed by atoms with Crippen molar-refractivity contribution < 1.29 is 4.43 Å². The molecule has 0 aromatic rings. The van der Waals surface area contributed by atoms with Gasteiger partial charge in [0.1, 0.15) is 0 Å². The van der Waals surface area contributed by atoms with Crippen LogP contribution >= 0.6 is 0 Å². The molecular weight excluding hydrogens is 287 g/mol. The van der Waals surface area contributed by atoms with Crippen LogP contribution in [0.3, 0.4) is 0 Å². The van der Waals surface area contributed by atoms with Gasteiger partial charge in [0, 0.05) is 6.61 Å². The van der Waals surface area contributed by atoms with E-state index in [9.17, 15) is 0 Å². The maximum atomic E-state index is 6.48. The van der Waals surface area contributed by atoms with Crippen LogP contribution in [0.4, 0.5) is 0 Å². The van der Waals surface area contributed by atoms with Gasteiger partial charge in [0.2, 0.25) is 0 Å². The topological polar surface area (TPSA) is 9.23 Å². The van der Waals surface area contributed by atoms with E-state index >= 15 is 0 Å². The minimum absolute atomic E-state index is 0. The van der Waals surface area contributed by atoms with Gasteiger partial charge in [-0.15, -0.1) is 0 Å². The van der Waals surface area contributed by atoms with Crippen molar-refractivity contribution in [2.24, 2.45) is 0 Å². The van der Waals surface area contributed by atoms with E-state index in [4.69, 9.17) is 11.0 Å². The summed E-state index contributed by atoms with van der Waals surface area (Å²) in [5.74, 6) is 0. The first-order valence-electron chi connectivity index (χ1n) is 7.47. The van der Waals surface area contributed by atoms with E-state index in [1.165, 1.54) is 0 Å². The van der Waals surface area contributed by atoms with E-state index in [0.717, 1.165) is 31.4 Å². The number of unbranched alkanes of at least 4 members (excludes halogenated alkanes) is 1. The normalized spacial score (nSPS) is 11.0. The Morgan fingerprint density at radius 1 is 0.905 bits per heavy atom. The summed E-state index contributed by atoms with van der Waals surface area (Å²) in [6.45, 7) is 22.6. The molecule has 0 aromatic heterocycles. The van der Waals surface area contributed by atoms with Crippen LogP contribution in [0.15, 0.2) is 5.57 Å². The third-order valence-electron chi connectivity index (χ3n) is 4.02. The second-order valence-electron chi connectivity index (χ2n) is 6.47. The van der Waals surface area contributed by atoms with Crippen LogP contribution in [0.2, 0.25) is 16.6 Å². The molecule has 0 amide bonds. The van der Waals surface area contributed by atoms with Crippen molar-refractivity contribution in [1.82, 2.24) is 0 Å². The second-order valence-corrected chi connectivity index (χ2v) is 11.9. The zero-order valence-electron chi connectivity index (χ0n) is 16.1. The Kier molecular flexibility index (Phi) is 19.7. The fraction of sp³-hybridized carbons (Fsp3) is 0.778. The Hall–Kier alpha value is 0.449. The molecule has 21 heavy (non-hydrogen) atoms. The van der Waals surface area contributed by atoms with E-state index < -0.39 is 8.32 Å². The van der Waals surface area contributed by atoms with Crippen molar-refractivity contribution in [2.45, 2.75) is 84.4 Å². The monoisotopic (exact) mass is 326 g/mol. The van der Waals surface area contributed by atoms with Crippen LogP contribution in [0.1, 0.15) is 67.7 Å². The number of hydrogen-bond acceptors (Lipinski definition) is 1. The van der Waals surface area contributed by atoms with Crippen LogP contribution in [0.5, 0.6) is 0 Å². The number of hydrogen-bond donors (Lipinski definition) is 0. The molecule has 3 heteroatoms. The van der Waals surface area contributed by atoms with E-state index in [0.29, 0.717) is 16.6 Å². The molecule has 124 valence electrons. The van der Waals surface area contributed by atoms with Crippen molar-refractivity contribution in [2.75, 3.05) is 6.61 Å². The number of rotatable bonds is 9. The van der Waals surface area contributed by atoms with E-state index in [1.54, 1.807) is 0 Å². The van der Waals surface area contributed by atoms with Crippen LogP contribution < -0.4 is 0 Å². The van der Waals surface area contributed by atoms with Gasteiger partial charge < -0.3 is 25.9 Å². The first kappa shape index (κ1) is 29.5. The SMILES string of the molecule is [Al+3].[CH-]=C(C)CCCCO[Si](C(C)C)(C(C)C)C(C)C.[CH3-].[CH3-]. The van der Waals surface area contributed by atoms with Gasteiger partial charge in [-0.25, -0.2) is 0 Å². The van der Waals surface area contributed by atoms with Gasteiger partial charge in [0.05, 0.1) is 0 Å². The fourth-order valence-electron chi connectivity index (χ4n) is 3.25. The summed E-state index contributed by atoms with van der Waals surface area (Å²) in [6.07, 6.45) is 3.32. The summed E-state index contributed by atoms with van der Waals surface area (Å²) < 4.78 is 6.48. The maximum Gasteiger partial charge on any atom is 3.00 e. The van der Waals surface area contributed by atoms with Crippen molar-refractivity contribution in [3.8, 4) is 0 Å². The summed E-state index contributed by atoms with van der Waals surface area (Å²) in [5, 5.41) is 0. The molecule has 0 bridgehead atoms.